The minimum Gasteiger partial charge on any atom is -0.481 e. The predicted molar refractivity (Wildman–Crippen MR) is 80.0 cm³/mol. The first kappa shape index (κ1) is 13.5. The number of carbonyl (C=O) groups is 1. The second-order valence-corrected chi connectivity index (χ2v) is 6.17. The smallest absolute Gasteiger partial charge is 0.308 e. The summed E-state index contributed by atoms with van der Waals surface area (Å²) in [5.74, 6) is -0.138. The van der Waals surface area contributed by atoms with Gasteiger partial charge in [0.05, 0.1) is 5.92 Å². The number of rotatable bonds is 3. The van der Waals surface area contributed by atoms with Gasteiger partial charge in [0, 0.05) is 18.3 Å². The number of hydrogen-bond acceptors (Lipinski definition) is 2. The molecule has 1 saturated carbocycles. The molecule has 3 nitrogen and oxygen atoms in total. The maximum atomic E-state index is 11.6. The van der Waals surface area contributed by atoms with E-state index in [-0.39, 0.29) is 12.0 Å². The molecule has 0 spiro atoms. The second-order valence-electron chi connectivity index (χ2n) is 6.17. The van der Waals surface area contributed by atoms with Crippen LogP contribution in [0.4, 0.5) is 5.69 Å². The summed E-state index contributed by atoms with van der Waals surface area (Å²) in [5.41, 5.74) is 2.63. The molecular formula is C17H23NO2. The first-order valence-electron chi connectivity index (χ1n) is 7.78. The molecule has 3 heteroatoms. The van der Waals surface area contributed by atoms with Crippen LogP contribution >= 0.6 is 0 Å². The molecule has 0 saturated heterocycles. The maximum absolute atomic E-state index is 11.6. The van der Waals surface area contributed by atoms with Crippen molar-refractivity contribution in [2.75, 3.05) is 11.4 Å². The molecule has 1 aliphatic heterocycles. The van der Waals surface area contributed by atoms with Crippen LogP contribution in [-0.4, -0.2) is 23.7 Å². The van der Waals surface area contributed by atoms with Crippen LogP contribution in [0.3, 0.4) is 0 Å². The Bertz CT molecular complexity index is 500. The molecule has 3 unspecified atom stereocenters. The Morgan fingerprint density at radius 3 is 2.90 bits per heavy atom. The van der Waals surface area contributed by atoms with Crippen LogP contribution in [-0.2, 0) is 11.2 Å². The van der Waals surface area contributed by atoms with Gasteiger partial charge in [0.2, 0.25) is 0 Å². The average Bonchev–Trinajstić information content (AvgIpc) is 2.90. The molecular weight excluding hydrogens is 250 g/mol. The molecule has 1 fully saturated rings. The average molecular weight is 273 g/mol. The van der Waals surface area contributed by atoms with Crippen molar-refractivity contribution in [3.63, 3.8) is 0 Å². The summed E-state index contributed by atoms with van der Waals surface area (Å²) in [6, 6.07) is 8.64. The number of hydrogen-bond donors (Lipinski definition) is 1. The minimum atomic E-state index is -0.617. The van der Waals surface area contributed by atoms with E-state index < -0.39 is 5.97 Å². The van der Waals surface area contributed by atoms with Gasteiger partial charge >= 0.3 is 5.97 Å². The van der Waals surface area contributed by atoms with Crippen molar-refractivity contribution >= 4 is 11.7 Å². The number of para-hydroxylation sites is 1. The summed E-state index contributed by atoms with van der Waals surface area (Å²) < 4.78 is 0. The molecule has 3 atom stereocenters. The molecule has 1 N–H and O–H groups in total. The van der Waals surface area contributed by atoms with Crippen molar-refractivity contribution in [1.82, 2.24) is 0 Å². The Morgan fingerprint density at radius 2 is 2.15 bits per heavy atom. The molecule has 20 heavy (non-hydrogen) atoms. The lowest BCUT2D eigenvalue weighted by atomic mass is 9.76. The molecule has 0 bridgehead atoms. The van der Waals surface area contributed by atoms with Crippen molar-refractivity contribution in [2.24, 2.45) is 11.8 Å². The third-order valence-electron chi connectivity index (χ3n) is 5.14. The summed E-state index contributed by atoms with van der Waals surface area (Å²) in [6.07, 6.45) is 5.15. The van der Waals surface area contributed by atoms with Crippen LogP contribution in [0.5, 0.6) is 0 Å². The normalized spacial score (nSPS) is 29.2. The highest BCUT2D eigenvalue weighted by Gasteiger charge is 2.39. The summed E-state index contributed by atoms with van der Waals surface area (Å²) in [6.45, 7) is 3.20. The zero-order chi connectivity index (χ0) is 14.1. The van der Waals surface area contributed by atoms with Gasteiger partial charge in [-0.2, -0.15) is 0 Å². The van der Waals surface area contributed by atoms with E-state index in [1.54, 1.807) is 0 Å². The lowest BCUT2D eigenvalue weighted by Gasteiger charge is -2.40. The molecule has 1 heterocycles. The molecule has 0 amide bonds. The van der Waals surface area contributed by atoms with E-state index in [1.807, 2.05) is 0 Å². The van der Waals surface area contributed by atoms with Crippen LogP contribution < -0.4 is 4.90 Å². The summed E-state index contributed by atoms with van der Waals surface area (Å²) in [4.78, 5) is 14.0. The summed E-state index contributed by atoms with van der Waals surface area (Å²) >= 11 is 0. The predicted octanol–water partition coefficient (Wildman–Crippen LogP) is 3.33. The van der Waals surface area contributed by atoms with Crippen LogP contribution in [0.25, 0.3) is 0 Å². The van der Waals surface area contributed by atoms with E-state index in [2.05, 4.69) is 36.1 Å². The number of fused-ring (bicyclic) bond motifs is 1. The monoisotopic (exact) mass is 273 g/mol. The molecule has 1 aromatic carbocycles. The van der Waals surface area contributed by atoms with Crippen molar-refractivity contribution in [3.05, 3.63) is 29.8 Å². The fourth-order valence-corrected chi connectivity index (χ4v) is 3.94. The summed E-state index contributed by atoms with van der Waals surface area (Å²) in [5, 5.41) is 9.55. The first-order valence-corrected chi connectivity index (χ1v) is 7.78. The van der Waals surface area contributed by atoms with E-state index in [9.17, 15) is 9.90 Å². The number of carboxylic acid groups (broad SMARTS) is 1. The zero-order valence-corrected chi connectivity index (χ0v) is 12.1. The molecule has 1 aromatic rings. The maximum Gasteiger partial charge on any atom is 0.308 e. The Morgan fingerprint density at radius 1 is 1.35 bits per heavy atom. The van der Waals surface area contributed by atoms with Crippen LogP contribution in [0.1, 0.15) is 38.2 Å². The van der Waals surface area contributed by atoms with E-state index in [4.69, 9.17) is 0 Å². The first-order chi connectivity index (χ1) is 9.70. The largest absolute Gasteiger partial charge is 0.481 e. The lowest BCUT2D eigenvalue weighted by Crippen LogP contribution is -2.46. The van der Waals surface area contributed by atoms with Gasteiger partial charge in [0.15, 0.2) is 0 Å². The number of carboxylic acids is 1. The Balaban J connectivity index is 1.88. The van der Waals surface area contributed by atoms with Gasteiger partial charge < -0.3 is 10.0 Å². The molecule has 108 valence electrons. The van der Waals surface area contributed by atoms with Gasteiger partial charge in [-0.3, -0.25) is 4.79 Å². The minimum absolute atomic E-state index is 0.176. The van der Waals surface area contributed by atoms with Crippen LogP contribution in [0.15, 0.2) is 24.3 Å². The van der Waals surface area contributed by atoms with Gasteiger partial charge in [0.25, 0.3) is 0 Å². The fourth-order valence-electron chi connectivity index (χ4n) is 3.94. The summed E-state index contributed by atoms with van der Waals surface area (Å²) in [7, 11) is 0. The molecule has 3 rings (SSSR count). The van der Waals surface area contributed by atoms with E-state index >= 15 is 0 Å². The Hall–Kier alpha value is -1.51. The Kier molecular flexibility index (Phi) is 3.68. The van der Waals surface area contributed by atoms with Crippen molar-refractivity contribution in [3.8, 4) is 0 Å². The number of anilines is 1. The number of aliphatic carboxylic acids is 1. The second kappa shape index (κ2) is 5.47. The number of benzene rings is 1. The van der Waals surface area contributed by atoms with Gasteiger partial charge in [-0.05, 0) is 43.2 Å². The number of nitrogens with zero attached hydrogens (tertiary/aromatic N) is 1. The highest BCUT2D eigenvalue weighted by atomic mass is 16.4. The molecule has 0 radical (unpaired) electrons. The fraction of sp³-hybridized carbons (Fsp3) is 0.588. The third kappa shape index (κ3) is 2.30. The molecule has 2 aliphatic rings. The van der Waals surface area contributed by atoms with Gasteiger partial charge in [-0.15, -0.1) is 0 Å². The van der Waals surface area contributed by atoms with Gasteiger partial charge in [-0.1, -0.05) is 31.5 Å². The topological polar surface area (TPSA) is 40.5 Å². The molecule has 1 aliphatic carbocycles. The van der Waals surface area contributed by atoms with Crippen LogP contribution in [0.2, 0.25) is 0 Å². The van der Waals surface area contributed by atoms with Crippen molar-refractivity contribution in [2.45, 2.75) is 45.1 Å². The van der Waals surface area contributed by atoms with E-state index in [0.29, 0.717) is 5.92 Å². The zero-order valence-electron chi connectivity index (χ0n) is 12.1. The van der Waals surface area contributed by atoms with Gasteiger partial charge in [0.1, 0.15) is 0 Å². The SMILES string of the molecule is CCC1CCC(C(=O)O)C(N2CCc3ccccc32)C1. The Labute approximate surface area is 120 Å². The quantitative estimate of drug-likeness (QED) is 0.918. The highest BCUT2D eigenvalue weighted by Crippen LogP contribution is 2.39. The van der Waals surface area contributed by atoms with E-state index in [1.165, 1.54) is 17.7 Å². The van der Waals surface area contributed by atoms with Crippen molar-refractivity contribution in [1.29, 1.82) is 0 Å². The lowest BCUT2D eigenvalue weighted by molar-refractivity contribution is -0.143. The van der Waals surface area contributed by atoms with Crippen LogP contribution in [0, 0.1) is 11.8 Å². The standard InChI is InChI=1S/C17H23NO2/c1-2-12-7-8-14(17(19)20)16(11-12)18-10-9-13-5-3-4-6-15(13)18/h3-6,12,14,16H,2,7-11H2,1H3,(H,19,20). The van der Waals surface area contributed by atoms with Gasteiger partial charge in [-0.25, -0.2) is 0 Å². The third-order valence-corrected chi connectivity index (χ3v) is 5.14. The highest BCUT2D eigenvalue weighted by molar-refractivity contribution is 5.73. The van der Waals surface area contributed by atoms with E-state index in [0.717, 1.165) is 32.2 Å². The van der Waals surface area contributed by atoms with Crippen molar-refractivity contribution < 1.29 is 9.90 Å². The molecule has 0 aromatic heterocycles.